The topological polar surface area (TPSA) is 29.1 Å². The Morgan fingerprint density at radius 1 is 1.43 bits per heavy atom. The van der Waals surface area contributed by atoms with Crippen LogP contribution in [-0.4, -0.2) is 11.4 Å². The average Bonchev–Trinajstić information content (AvgIpc) is 2.18. The highest BCUT2D eigenvalue weighted by atomic mass is 16.1. The number of benzene rings is 1. The van der Waals surface area contributed by atoms with Crippen LogP contribution < -0.4 is 5.32 Å². The summed E-state index contributed by atoms with van der Waals surface area (Å²) in [6.07, 6.45) is 1.90. The van der Waals surface area contributed by atoms with Crippen LogP contribution in [0, 0.1) is 0 Å². The molecule has 1 heterocycles. The van der Waals surface area contributed by atoms with Gasteiger partial charge in [-0.15, -0.1) is 0 Å². The molecule has 0 spiro atoms. The van der Waals surface area contributed by atoms with E-state index < -0.39 is 0 Å². The van der Waals surface area contributed by atoms with E-state index in [0.29, 0.717) is 0 Å². The van der Waals surface area contributed by atoms with Crippen molar-refractivity contribution < 1.29 is 4.79 Å². The zero-order valence-corrected chi connectivity index (χ0v) is 8.63. The van der Waals surface area contributed by atoms with Crippen LogP contribution in [0.4, 0.5) is 0 Å². The van der Waals surface area contributed by atoms with Gasteiger partial charge in [-0.2, -0.15) is 0 Å². The second kappa shape index (κ2) is 3.12. The van der Waals surface area contributed by atoms with Gasteiger partial charge in [0.15, 0.2) is 0 Å². The zero-order chi connectivity index (χ0) is 10.2. The quantitative estimate of drug-likeness (QED) is 0.720. The molecule has 1 atom stereocenters. The van der Waals surface area contributed by atoms with Crippen LogP contribution in [-0.2, 0) is 6.42 Å². The summed E-state index contributed by atoms with van der Waals surface area (Å²) in [4.78, 5) is 11.7. The second-order valence-corrected chi connectivity index (χ2v) is 4.20. The first kappa shape index (κ1) is 9.25. The van der Waals surface area contributed by atoms with E-state index in [1.54, 1.807) is 0 Å². The minimum absolute atomic E-state index is 0.0641. The van der Waals surface area contributed by atoms with Crippen molar-refractivity contribution in [1.29, 1.82) is 0 Å². The van der Waals surface area contributed by atoms with Crippen molar-refractivity contribution in [3.63, 3.8) is 0 Å². The van der Waals surface area contributed by atoms with Gasteiger partial charge in [0, 0.05) is 11.1 Å². The summed E-state index contributed by atoms with van der Waals surface area (Å²) in [5.74, 6) is 0.0659. The van der Waals surface area contributed by atoms with Gasteiger partial charge in [-0.25, -0.2) is 0 Å². The van der Waals surface area contributed by atoms with E-state index in [1.165, 1.54) is 5.56 Å². The summed E-state index contributed by atoms with van der Waals surface area (Å²) >= 11 is 0. The summed E-state index contributed by atoms with van der Waals surface area (Å²) in [6, 6.07) is 7.84. The lowest BCUT2D eigenvalue weighted by Gasteiger charge is -2.34. The number of amides is 1. The smallest absolute Gasteiger partial charge is 0.251 e. The Kier molecular flexibility index (Phi) is 2.06. The molecule has 2 heteroatoms. The predicted molar refractivity (Wildman–Crippen MR) is 56.3 cm³/mol. The number of hydrogen-bond donors (Lipinski definition) is 1. The minimum Gasteiger partial charge on any atom is -0.347 e. The Labute approximate surface area is 84.3 Å². The summed E-state index contributed by atoms with van der Waals surface area (Å²) < 4.78 is 0. The number of fused-ring (bicyclic) bond motifs is 1. The van der Waals surface area contributed by atoms with E-state index in [1.807, 2.05) is 24.3 Å². The molecule has 0 bridgehead atoms. The highest BCUT2D eigenvalue weighted by molar-refractivity contribution is 5.97. The van der Waals surface area contributed by atoms with Crippen molar-refractivity contribution in [1.82, 2.24) is 5.32 Å². The maximum absolute atomic E-state index is 11.7. The third-order valence-corrected chi connectivity index (χ3v) is 3.04. The van der Waals surface area contributed by atoms with Gasteiger partial charge in [-0.3, -0.25) is 4.79 Å². The lowest BCUT2D eigenvalue weighted by molar-refractivity contribution is 0.0885. The molecule has 0 aromatic heterocycles. The SMILES string of the molecule is CC[C@@]1(C)Cc2ccccc2C(=O)N1. The zero-order valence-electron chi connectivity index (χ0n) is 8.63. The van der Waals surface area contributed by atoms with Gasteiger partial charge >= 0.3 is 0 Å². The van der Waals surface area contributed by atoms with Crippen LogP contribution >= 0.6 is 0 Å². The largest absolute Gasteiger partial charge is 0.347 e. The van der Waals surface area contributed by atoms with Crippen molar-refractivity contribution in [3.8, 4) is 0 Å². The van der Waals surface area contributed by atoms with Crippen molar-refractivity contribution in [2.75, 3.05) is 0 Å². The third-order valence-electron chi connectivity index (χ3n) is 3.04. The second-order valence-electron chi connectivity index (χ2n) is 4.20. The molecule has 0 saturated heterocycles. The molecule has 74 valence electrons. The summed E-state index contributed by atoms with van der Waals surface area (Å²) in [7, 11) is 0. The van der Waals surface area contributed by atoms with Gasteiger partial charge in [0.25, 0.3) is 5.91 Å². The van der Waals surface area contributed by atoms with E-state index in [4.69, 9.17) is 0 Å². The van der Waals surface area contributed by atoms with Gasteiger partial charge in [-0.05, 0) is 31.4 Å². The first-order chi connectivity index (χ1) is 6.64. The number of carbonyl (C=O) groups excluding carboxylic acids is 1. The molecule has 1 aromatic rings. The summed E-state index contributed by atoms with van der Waals surface area (Å²) in [5, 5.41) is 3.06. The minimum atomic E-state index is -0.0641. The highest BCUT2D eigenvalue weighted by Crippen LogP contribution is 2.24. The molecular weight excluding hydrogens is 174 g/mol. The van der Waals surface area contributed by atoms with Crippen LogP contribution in [0.1, 0.15) is 36.2 Å². The summed E-state index contributed by atoms with van der Waals surface area (Å²) in [5.41, 5.74) is 1.94. The monoisotopic (exact) mass is 189 g/mol. The highest BCUT2D eigenvalue weighted by Gasteiger charge is 2.31. The first-order valence-corrected chi connectivity index (χ1v) is 5.05. The summed E-state index contributed by atoms with van der Waals surface area (Å²) in [6.45, 7) is 4.20. The van der Waals surface area contributed by atoms with Crippen molar-refractivity contribution in [3.05, 3.63) is 35.4 Å². The van der Waals surface area contributed by atoms with Crippen molar-refractivity contribution >= 4 is 5.91 Å². The fourth-order valence-corrected chi connectivity index (χ4v) is 1.92. The number of rotatable bonds is 1. The van der Waals surface area contributed by atoms with E-state index in [2.05, 4.69) is 19.2 Å². The fourth-order valence-electron chi connectivity index (χ4n) is 1.92. The maximum atomic E-state index is 11.7. The normalized spacial score (nSPS) is 25.4. The Bertz CT molecular complexity index is 372. The van der Waals surface area contributed by atoms with Crippen LogP contribution in [0.2, 0.25) is 0 Å². The molecule has 1 amide bonds. The van der Waals surface area contributed by atoms with Crippen molar-refractivity contribution in [2.45, 2.75) is 32.2 Å². The third kappa shape index (κ3) is 1.41. The molecule has 1 N–H and O–H groups in total. The van der Waals surface area contributed by atoms with Crippen LogP contribution in [0.25, 0.3) is 0 Å². The van der Waals surface area contributed by atoms with Crippen LogP contribution in [0.3, 0.4) is 0 Å². The van der Waals surface area contributed by atoms with E-state index in [-0.39, 0.29) is 11.4 Å². The Morgan fingerprint density at radius 2 is 2.14 bits per heavy atom. The molecule has 0 fully saturated rings. The van der Waals surface area contributed by atoms with Gasteiger partial charge in [-0.1, -0.05) is 25.1 Å². The Balaban J connectivity index is 2.43. The van der Waals surface area contributed by atoms with E-state index in [0.717, 1.165) is 18.4 Å². The molecule has 1 aromatic carbocycles. The van der Waals surface area contributed by atoms with Gasteiger partial charge in [0.05, 0.1) is 0 Å². The van der Waals surface area contributed by atoms with E-state index >= 15 is 0 Å². The molecule has 1 aliphatic heterocycles. The Hall–Kier alpha value is -1.31. The van der Waals surface area contributed by atoms with Crippen LogP contribution in [0.5, 0.6) is 0 Å². The number of hydrogen-bond acceptors (Lipinski definition) is 1. The molecule has 1 aliphatic rings. The molecule has 0 unspecified atom stereocenters. The fraction of sp³-hybridized carbons (Fsp3) is 0.417. The molecule has 14 heavy (non-hydrogen) atoms. The maximum Gasteiger partial charge on any atom is 0.251 e. The predicted octanol–water partition coefficient (Wildman–Crippen LogP) is 2.14. The van der Waals surface area contributed by atoms with Gasteiger partial charge in [0.2, 0.25) is 0 Å². The molecule has 0 radical (unpaired) electrons. The van der Waals surface area contributed by atoms with Gasteiger partial charge < -0.3 is 5.32 Å². The van der Waals surface area contributed by atoms with Crippen molar-refractivity contribution in [2.24, 2.45) is 0 Å². The van der Waals surface area contributed by atoms with Gasteiger partial charge in [0.1, 0.15) is 0 Å². The van der Waals surface area contributed by atoms with Crippen LogP contribution in [0.15, 0.2) is 24.3 Å². The first-order valence-electron chi connectivity index (χ1n) is 5.05. The van der Waals surface area contributed by atoms with E-state index in [9.17, 15) is 4.79 Å². The number of carbonyl (C=O) groups is 1. The standard InChI is InChI=1S/C12H15NO/c1-3-12(2)8-9-6-4-5-7-10(9)11(14)13-12/h4-7H,3,8H2,1-2H3,(H,13,14)/t12-/m0/s1. The molecule has 2 nitrogen and oxygen atoms in total. The number of nitrogens with one attached hydrogen (secondary N) is 1. The lowest BCUT2D eigenvalue weighted by Crippen LogP contribution is -2.50. The average molecular weight is 189 g/mol. The molecule has 2 rings (SSSR count). The Morgan fingerprint density at radius 3 is 2.86 bits per heavy atom. The molecular formula is C12H15NO. The lowest BCUT2D eigenvalue weighted by atomic mass is 9.84. The molecule has 0 aliphatic carbocycles. The molecule has 0 saturated carbocycles.